The van der Waals surface area contributed by atoms with E-state index in [9.17, 15) is 0 Å². The van der Waals surface area contributed by atoms with Gasteiger partial charge in [-0.2, -0.15) is 0 Å². The monoisotopic (exact) mass is 164 g/mol. The van der Waals surface area contributed by atoms with Crippen molar-refractivity contribution in [3.8, 4) is 0 Å². The molecule has 0 aliphatic carbocycles. The number of anilines is 1. The zero-order valence-corrected chi connectivity index (χ0v) is 7.12. The van der Waals surface area contributed by atoms with Gasteiger partial charge in [-0.3, -0.25) is 0 Å². The van der Waals surface area contributed by atoms with Gasteiger partial charge in [0.1, 0.15) is 0 Å². The minimum Gasteiger partial charge on any atom is -0.433 e. The minimum atomic E-state index is -0.520. The average Bonchev–Trinajstić information content (AvgIpc) is 2.05. The maximum absolute atomic E-state index is 9.00. The van der Waals surface area contributed by atoms with Gasteiger partial charge >= 0.3 is 7.05 Å². The first kappa shape index (κ1) is 9.10. The van der Waals surface area contributed by atoms with E-state index in [0.29, 0.717) is 6.54 Å². The maximum Gasteiger partial charge on any atom is 0.406 e. The lowest BCUT2D eigenvalue weighted by Gasteiger charge is -2.05. The molecule has 1 aromatic carbocycles. The summed E-state index contributed by atoms with van der Waals surface area (Å²) >= 11 is 0. The van der Waals surface area contributed by atoms with E-state index in [1.807, 2.05) is 24.3 Å². The second-order valence-electron chi connectivity index (χ2n) is 2.72. The first-order chi connectivity index (χ1) is 5.72. The number of nitrogens with two attached hydrogens (primary N) is 1. The fraction of sp³-hybridized carbons (Fsp3) is 0.250. The first-order valence-electron chi connectivity index (χ1n) is 3.96. The molecule has 0 aromatic heterocycles. The summed E-state index contributed by atoms with van der Waals surface area (Å²) in [4.78, 5) is 0. The number of rotatable bonds is 3. The van der Waals surface area contributed by atoms with Crippen LogP contribution in [-0.2, 0) is 6.54 Å². The average molecular weight is 164 g/mol. The summed E-state index contributed by atoms with van der Waals surface area (Å²) in [5.74, 6) is 0. The van der Waals surface area contributed by atoms with E-state index in [0.717, 1.165) is 11.3 Å². The molecule has 64 valence electrons. The molecule has 0 amide bonds. The predicted molar refractivity (Wildman–Crippen MR) is 51.8 cm³/mol. The van der Waals surface area contributed by atoms with Gasteiger partial charge in [-0.25, -0.2) is 0 Å². The lowest BCUT2D eigenvalue weighted by Crippen LogP contribution is -2.19. The predicted octanol–water partition coefficient (Wildman–Crippen LogP) is 0.667. The van der Waals surface area contributed by atoms with Crippen molar-refractivity contribution in [1.82, 2.24) is 0 Å². The van der Waals surface area contributed by atoms with Crippen LogP contribution in [0.25, 0.3) is 0 Å². The SMILES string of the molecule is CB(O)Nc1ccc(CN)cc1. The largest absolute Gasteiger partial charge is 0.433 e. The Morgan fingerprint density at radius 1 is 1.42 bits per heavy atom. The second-order valence-corrected chi connectivity index (χ2v) is 2.72. The molecule has 0 radical (unpaired) electrons. The van der Waals surface area contributed by atoms with Gasteiger partial charge < -0.3 is 16.0 Å². The van der Waals surface area contributed by atoms with Gasteiger partial charge in [-0.05, 0) is 24.5 Å². The molecule has 0 atom stereocenters. The third kappa shape index (κ3) is 2.56. The molecule has 0 unspecified atom stereocenters. The zero-order valence-electron chi connectivity index (χ0n) is 7.12. The van der Waals surface area contributed by atoms with Crippen LogP contribution in [0.5, 0.6) is 0 Å². The van der Waals surface area contributed by atoms with E-state index in [-0.39, 0.29) is 0 Å². The fourth-order valence-corrected chi connectivity index (χ4v) is 0.978. The molecule has 0 aliphatic rings. The summed E-state index contributed by atoms with van der Waals surface area (Å²) in [5.41, 5.74) is 7.43. The van der Waals surface area contributed by atoms with Crippen LogP contribution in [0.15, 0.2) is 24.3 Å². The molecule has 0 saturated heterocycles. The van der Waals surface area contributed by atoms with Crippen LogP contribution in [0.3, 0.4) is 0 Å². The van der Waals surface area contributed by atoms with Gasteiger partial charge in [0.05, 0.1) is 0 Å². The van der Waals surface area contributed by atoms with Crippen LogP contribution in [-0.4, -0.2) is 12.1 Å². The Morgan fingerprint density at radius 2 is 2.00 bits per heavy atom. The summed E-state index contributed by atoms with van der Waals surface area (Å²) < 4.78 is 0. The Morgan fingerprint density at radius 3 is 2.42 bits per heavy atom. The molecule has 4 N–H and O–H groups in total. The highest BCUT2D eigenvalue weighted by Gasteiger charge is 2.01. The third-order valence-corrected chi connectivity index (χ3v) is 1.57. The molecule has 1 rings (SSSR count). The van der Waals surface area contributed by atoms with E-state index in [2.05, 4.69) is 5.23 Å². The third-order valence-electron chi connectivity index (χ3n) is 1.57. The smallest absolute Gasteiger partial charge is 0.406 e. The Labute approximate surface area is 72.7 Å². The number of hydrogen-bond donors (Lipinski definition) is 3. The summed E-state index contributed by atoms with van der Waals surface area (Å²) in [6, 6.07) is 7.67. The van der Waals surface area contributed by atoms with E-state index < -0.39 is 7.05 Å². The summed E-state index contributed by atoms with van der Waals surface area (Å²) in [6.07, 6.45) is 0. The molecule has 0 aliphatic heterocycles. The van der Waals surface area contributed by atoms with Gasteiger partial charge in [-0.1, -0.05) is 12.1 Å². The van der Waals surface area contributed by atoms with Crippen molar-refractivity contribution in [3.63, 3.8) is 0 Å². The number of nitrogens with one attached hydrogen (secondary N) is 1. The Kier molecular flexibility index (Phi) is 3.14. The summed E-state index contributed by atoms with van der Waals surface area (Å²) in [7, 11) is -0.520. The molecular weight excluding hydrogens is 151 g/mol. The molecular formula is C8H13BN2O. The fourth-order valence-electron chi connectivity index (χ4n) is 0.978. The van der Waals surface area contributed by atoms with E-state index in [4.69, 9.17) is 10.8 Å². The van der Waals surface area contributed by atoms with Crippen LogP contribution < -0.4 is 11.0 Å². The molecule has 4 heteroatoms. The normalized spacial score (nSPS) is 9.58. The van der Waals surface area contributed by atoms with Gasteiger partial charge in [0.25, 0.3) is 0 Å². The second kappa shape index (κ2) is 4.14. The van der Waals surface area contributed by atoms with Crippen molar-refractivity contribution in [3.05, 3.63) is 29.8 Å². The van der Waals surface area contributed by atoms with Crippen molar-refractivity contribution in [2.75, 3.05) is 5.23 Å². The number of benzene rings is 1. The Bertz CT molecular complexity index is 235. The topological polar surface area (TPSA) is 58.3 Å². The molecule has 0 spiro atoms. The van der Waals surface area contributed by atoms with Gasteiger partial charge in [0.2, 0.25) is 0 Å². The Hall–Kier alpha value is -0.995. The van der Waals surface area contributed by atoms with Crippen LogP contribution in [0.4, 0.5) is 5.69 Å². The van der Waals surface area contributed by atoms with Crippen molar-refractivity contribution < 1.29 is 5.02 Å². The molecule has 3 nitrogen and oxygen atoms in total. The van der Waals surface area contributed by atoms with Gasteiger partial charge in [0, 0.05) is 12.2 Å². The lowest BCUT2D eigenvalue weighted by molar-refractivity contribution is 0.587. The van der Waals surface area contributed by atoms with Crippen LogP contribution in [0.2, 0.25) is 6.82 Å². The molecule has 0 saturated carbocycles. The standard InChI is InChI=1S/C8H13BN2O/c1-9(12)11-8-4-2-7(6-10)3-5-8/h2-5,11-12H,6,10H2,1H3. The molecule has 0 bridgehead atoms. The highest BCUT2D eigenvalue weighted by molar-refractivity contribution is 6.52. The van der Waals surface area contributed by atoms with E-state index in [1.165, 1.54) is 0 Å². The summed E-state index contributed by atoms with van der Waals surface area (Å²) in [6.45, 7) is 2.23. The molecule has 12 heavy (non-hydrogen) atoms. The number of hydrogen-bond acceptors (Lipinski definition) is 3. The molecule has 1 aromatic rings. The molecule has 0 heterocycles. The van der Waals surface area contributed by atoms with Crippen molar-refractivity contribution in [2.24, 2.45) is 5.73 Å². The lowest BCUT2D eigenvalue weighted by atomic mass is 9.88. The highest BCUT2D eigenvalue weighted by atomic mass is 16.2. The molecule has 0 fully saturated rings. The van der Waals surface area contributed by atoms with Crippen LogP contribution >= 0.6 is 0 Å². The first-order valence-corrected chi connectivity index (χ1v) is 3.96. The van der Waals surface area contributed by atoms with E-state index in [1.54, 1.807) is 6.82 Å². The Balaban J connectivity index is 2.65. The zero-order chi connectivity index (χ0) is 8.97. The van der Waals surface area contributed by atoms with Gasteiger partial charge in [-0.15, -0.1) is 0 Å². The highest BCUT2D eigenvalue weighted by Crippen LogP contribution is 2.08. The van der Waals surface area contributed by atoms with Crippen LogP contribution in [0.1, 0.15) is 5.56 Å². The van der Waals surface area contributed by atoms with Crippen molar-refractivity contribution in [1.29, 1.82) is 0 Å². The van der Waals surface area contributed by atoms with Gasteiger partial charge in [0.15, 0.2) is 0 Å². The van der Waals surface area contributed by atoms with Crippen LogP contribution in [0, 0.1) is 0 Å². The van der Waals surface area contributed by atoms with Crippen molar-refractivity contribution >= 4 is 12.7 Å². The quantitative estimate of drug-likeness (QED) is 0.575. The minimum absolute atomic E-state index is 0.520. The van der Waals surface area contributed by atoms with E-state index >= 15 is 0 Å². The van der Waals surface area contributed by atoms with Crippen molar-refractivity contribution in [2.45, 2.75) is 13.4 Å². The maximum atomic E-state index is 9.00. The summed E-state index contributed by atoms with van der Waals surface area (Å²) in [5, 5.41) is 11.9.